The summed E-state index contributed by atoms with van der Waals surface area (Å²) >= 11 is 8.68. The van der Waals surface area contributed by atoms with Gasteiger partial charge in [0.25, 0.3) is 0 Å². The summed E-state index contributed by atoms with van der Waals surface area (Å²) in [5.74, 6) is 1.93. The first-order valence-corrected chi connectivity index (χ1v) is 9.24. The largest absolute Gasteiger partial charge is 0.415 e. The number of thiol groups is 2. The zero-order valence-corrected chi connectivity index (χ0v) is 15.1. The van der Waals surface area contributed by atoms with Crippen molar-refractivity contribution in [2.75, 3.05) is 18.1 Å². The first kappa shape index (κ1) is 19.2. The first-order chi connectivity index (χ1) is 10.7. The van der Waals surface area contributed by atoms with Crippen molar-refractivity contribution in [1.82, 2.24) is 4.90 Å². The van der Waals surface area contributed by atoms with Crippen molar-refractivity contribution in [2.24, 2.45) is 0 Å². The minimum atomic E-state index is -0.288. The topological polar surface area (TPSA) is 29.5 Å². The number of amides is 1. The van der Waals surface area contributed by atoms with Gasteiger partial charge in [-0.05, 0) is 30.7 Å². The van der Waals surface area contributed by atoms with Crippen LogP contribution in [0.4, 0.5) is 4.79 Å². The van der Waals surface area contributed by atoms with E-state index in [1.54, 1.807) is 12.1 Å². The van der Waals surface area contributed by atoms with Gasteiger partial charge in [0.2, 0.25) is 0 Å². The second kappa shape index (κ2) is 11.7. The molecule has 0 fully saturated rings. The molecule has 0 aromatic heterocycles. The number of unbranched alkanes of at least 4 members (excludes halogenated alkanes) is 3. The molecule has 0 aliphatic heterocycles. The van der Waals surface area contributed by atoms with Crippen LogP contribution in [0, 0.1) is 0 Å². The summed E-state index contributed by atoms with van der Waals surface area (Å²) < 4.78 is 5.49. The Morgan fingerprint density at radius 3 is 2.50 bits per heavy atom. The van der Waals surface area contributed by atoms with Gasteiger partial charge < -0.3 is 9.64 Å². The third-order valence-corrected chi connectivity index (χ3v) is 4.23. The Kier molecular flexibility index (Phi) is 10.2. The Balaban J connectivity index is 2.67. The molecule has 0 saturated heterocycles. The van der Waals surface area contributed by atoms with Crippen LogP contribution in [-0.4, -0.2) is 35.1 Å². The SMILES string of the molecule is CCCCCCN(C(=O)Oc1ccccc1)[C@H](CS)CCS. The molecule has 0 saturated carbocycles. The lowest BCUT2D eigenvalue weighted by molar-refractivity contribution is 0.134. The highest BCUT2D eigenvalue weighted by Gasteiger charge is 2.23. The van der Waals surface area contributed by atoms with E-state index in [2.05, 4.69) is 32.2 Å². The number of hydrogen-bond acceptors (Lipinski definition) is 4. The summed E-state index contributed by atoms with van der Waals surface area (Å²) in [6, 6.07) is 9.27. The molecule has 0 aliphatic carbocycles. The van der Waals surface area contributed by atoms with Crippen LogP contribution in [0.2, 0.25) is 0 Å². The van der Waals surface area contributed by atoms with E-state index < -0.39 is 0 Å². The molecule has 0 unspecified atom stereocenters. The normalized spacial score (nSPS) is 12.0. The maximum atomic E-state index is 12.5. The molecule has 22 heavy (non-hydrogen) atoms. The number of rotatable bonds is 10. The Morgan fingerprint density at radius 1 is 1.18 bits per heavy atom. The number of nitrogens with zero attached hydrogens (tertiary/aromatic N) is 1. The molecule has 0 bridgehead atoms. The van der Waals surface area contributed by atoms with E-state index in [-0.39, 0.29) is 12.1 Å². The van der Waals surface area contributed by atoms with Crippen molar-refractivity contribution in [2.45, 2.75) is 45.1 Å². The lowest BCUT2D eigenvalue weighted by Gasteiger charge is -2.30. The Hall–Kier alpha value is -0.810. The van der Waals surface area contributed by atoms with Crippen molar-refractivity contribution >= 4 is 31.4 Å². The molecule has 0 heterocycles. The van der Waals surface area contributed by atoms with Gasteiger partial charge in [-0.3, -0.25) is 0 Å². The zero-order chi connectivity index (χ0) is 16.2. The predicted molar refractivity (Wildman–Crippen MR) is 99.4 cm³/mol. The molecule has 0 spiro atoms. The van der Waals surface area contributed by atoms with E-state index in [1.165, 1.54) is 12.8 Å². The maximum absolute atomic E-state index is 12.5. The molecule has 1 atom stereocenters. The van der Waals surface area contributed by atoms with E-state index in [4.69, 9.17) is 4.74 Å². The molecule has 1 aromatic rings. The standard InChI is InChI=1S/C17H27NO2S2/c1-2-3-4-8-12-18(15(14-22)11-13-21)17(19)20-16-9-6-5-7-10-16/h5-7,9-10,15,21-22H,2-4,8,11-14H2,1H3/t15-/m0/s1. The average Bonchev–Trinajstić information content (AvgIpc) is 2.54. The van der Waals surface area contributed by atoms with Gasteiger partial charge in [0.15, 0.2) is 0 Å². The van der Waals surface area contributed by atoms with Crippen LogP contribution in [0.5, 0.6) is 5.75 Å². The van der Waals surface area contributed by atoms with Gasteiger partial charge in [-0.1, -0.05) is 44.4 Å². The van der Waals surface area contributed by atoms with Gasteiger partial charge in [-0.15, -0.1) is 0 Å². The number of para-hydroxylation sites is 1. The Morgan fingerprint density at radius 2 is 1.91 bits per heavy atom. The van der Waals surface area contributed by atoms with Crippen LogP contribution in [0.15, 0.2) is 30.3 Å². The van der Waals surface area contributed by atoms with Crippen LogP contribution in [0.25, 0.3) is 0 Å². The van der Waals surface area contributed by atoms with E-state index in [9.17, 15) is 4.79 Å². The summed E-state index contributed by atoms with van der Waals surface area (Å²) in [5.41, 5.74) is 0. The average molecular weight is 342 g/mol. The van der Waals surface area contributed by atoms with Gasteiger partial charge >= 0.3 is 6.09 Å². The van der Waals surface area contributed by atoms with Crippen molar-refractivity contribution in [1.29, 1.82) is 0 Å². The fourth-order valence-corrected chi connectivity index (χ4v) is 2.95. The number of ether oxygens (including phenoxy) is 1. The molecule has 3 nitrogen and oxygen atoms in total. The predicted octanol–water partition coefficient (Wildman–Crippen LogP) is 4.69. The summed E-state index contributed by atoms with van der Waals surface area (Å²) in [6.45, 7) is 2.89. The number of carbonyl (C=O) groups excluding carboxylic acids is 1. The molecular weight excluding hydrogens is 314 g/mol. The van der Waals surface area contributed by atoms with Crippen molar-refractivity contribution < 1.29 is 9.53 Å². The van der Waals surface area contributed by atoms with Crippen LogP contribution in [0.1, 0.15) is 39.0 Å². The third kappa shape index (κ3) is 6.97. The highest BCUT2D eigenvalue weighted by atomic mass is 32.1. The second-order valence-electron chi connectivity index (χ2n) is 5.28. The van der Waals surface area contributed by atoms with Crippen LogP contribution < -0.4 is 4.74 Å². The van der Waals surface area contributed by atoms with Gasteiger partial charge in [0.05, 0.1) is 0 Å². The minimum Gasteiger partial charge on any atom is -0.410 e. The molecule has 0 aliphatic rings. The first-order valence-electron chi connectivity index (χ1n) is 7.98. The van der Waals surface area contributed by atoms with Gasteiger partial charge in [0, 0.05) is 18.3 Å². The van der Waals surface area contributed by atoms with Gasteiger partial charge in [-0.25, -0.2) is 4.79 Å². The molecule has 1 rings (SSSR count). The summed E-state index contributed by atoms with van der Waals surface area (Å²) in [4.78, 5) is 14.3. The molecule has 1 aromatic carbocycles. The highest BCUT2D eigenvalue weighted by Crippen LogP contribution is 2.15. The Bertz CT molecular complexity index is 414. The number of carbonyl (C=O) groups is 1. The van der Waals surface area contributed by atoms with Gasteiger partial charge in [0.1, 0.15) is 5.75 Å². The van der Waals surface area contributed by atoms with Gasteiger partial charge in [-0.2, -0.15) is 25.3 Å². The molecule has 124 valence electrons. The Labute approximate surface area is 145 Å². The second-order valence-corrected chi connectivity index (χ2v) is 6.10. The molecule has 0 N–H and O–H groups in total. The van der Waals surface area contributed by atoms with Crippen LogP contribution >= 0.6 is 25.3 Å². The van der Waals surface area contributed by atoms with E-state index in [0.717, 1.165) is 25.0 Å². The molecule has 1 amide bonds. The van der Waals surface area contributed by atoms with Crippen molar-refractivity contribution in [3.63, 3.8) is 0 Å². The lowest BCUT2D eigenvalue weighted by Crippen LogP contribution is -2.44. The monoisotopic (exact) mass is 341 g/mol. The van der Waals surface area contributed by atoms with Crippen LogP contribution in [0.3, 0.4) is 0 Å². The zero-order valence-electron chi connectivity index (χ0n) is 13.3. The molecule has 0 radical (unpaired) electrons. The fourth-order valence-electron chi connectivity index (χ4n) is 2.27. The smallest absolute Gasteiger partial charge is 0.410 e. The fraction of sp³-hybridized carbons (Fsp3) is 0.588. The van der Waals surface area contributed by atoms with E-state index >= 15 is 0 Å². The van der Waals surface area contributed by atoms with Crippen molar-refractivity contribution in [3.05, 3.63) is 30.3 Å². The summed E-state index contributed by atoms with van der Waals surface area (Å²) in [6.07, 6.45) is 5.04. The van der Waals surface area contributed by atoms with E-state index in [1.807, 2.05) is 23.1 Å². The lowest BCUT2D eigenvalue weighted by atomic mass is 10.1. The van der Waals surface area contributed by atoms with E-state index in [0.29, 0.717) is 18.0 Å². The molecular formula is C17H27NO2S2. The maximum Gasteiger partial charge on any atom is 0.415 e. The van der Waals surface area contributed by atoms with Crippen LogP contribution in [-0.2, 0) is 0 Å². The third-order valence-electron chi connectivity index (χ3n) is 3.55. The summed E-state index contributed by atoms with van der Waals surface area (Å²) in [7, 11) is 0. The summed E-state index contributed by atoms with van der Waals surface area (Å²) in [5, 5.41) is 0. The van der Waals surface area contributed by atoms with Crippen molar-refractivity contribution in [3.8, 4) is 5.75 Å². The number of benzene rings is 1. The minimum absolute atomic E-state index is 0.0682. The molecule has 5 heteroatoms. The number of hydrogen-bond donors (Lipinski definition) is 2. The quantitative estimate of drug-likeness (QED) is 0.478. The highest BCUT2D eigenvalue weighted by molar-refractivity contribution is 7.80.